The third-order valence-electron chi connectivity index (χ3n) is 3.34. The first kappa shape index (κ1) is 17.3. The maximum atomic E-state index is 13.5. The summed E-state index contributed by atoms with van der Waals surface area (Å²) in [5.74, 6) is -2.36. The molecule has 2 unspecified atom stereocenters. The molecular formula is C12H17ClF2N2O2S. The Morgan fingerprint density at radius 1 is 1.35 bits per heavy atom. The van der Waals surface area contributed by atoms with Crippen LogP contribution in [0, 0.1) is 17.6 Å². The van der Waals surface area contributed by atoms with Crippen molar-refractivity contribution < 1.29 is 17.2 Å². The van der Waals surface area contributed by atoms with Gasteiger partial charge in [0.2, 0.25) is 10.0 Å². The Morgan fingerprint density at radius 3 is 2.70 bits per heavy atom. The SMILES string of the molecule is CC1CCNCC1NS(=O)(=O)c1cccc(F)c1F.Cl. The third kappa shape index (κ3) is 3.66. The molecule has 0 amide bonds. The van der Waals surface area contributed by atoms with E-state index in [4.69, 9.17) is 0 Å². The molecule has 1 aliphatic rings. The van der Waals surface area contributed by atoms with Crippen molar-refractivity contribution in [2.24, 2.45) is 5.92 Å². The third-order valence-corrected chi connectivity index (χ3v) is 4.85. The predicted molar refractivity (Wildman–Crippen MR) is 74.4 cm³/mol. The van der Waals surface area contributed by atoms with Crippen molar-refractivity contribution in [3.63, 3.8) is 0 Å². The van der Waals surface area contributed by atoms with Crippen molar-refractivity contribution in [3.05, 3.63) is 29.8 Å². The number of rotatable bonds is 3. The summed E-state index contributed by atoms with van der Waals surface area (Å²) in [7, 11) is -4.05. The zero-order chi connectivity index (χ0) is 14.0. The van der Waals surface area contributed by atoms with E-state index in [-0.39, 0.29) is 24.4 Å². The molecule has 1 aliphatic heterocycles. The molecule has 0 bridgehead atoms. The van der Waals surface area contributed by atoms with Crippen LogP contribution in [0.3, 0.4) is 0 Å². The van der Waals surface area contributed by atoms with Gasteiger partial charge in [0.05, 0.1) is 0 Å². The van der Waals surface area contributed by atoms with Gasteiger partial charge in [-0.1, -0.05) is 13.0 Å². The second kappa shape index (κ2) is 6.80. The van der Waals surface area contributed by atoms with Crippen molar-refractivity contribution in [1.82, 2.24) is 10.0 Å². The quantitative estimate of drug-likeness (QED) is 0.888. The number of sulfonamides is 1. The molecule has 0 aliphatic carbocycles. The molecule has 0 aromatic heterocycles. The van der Waals surface area contributed by atoms with Crippen LogP contribution in [0.5, 0.6) is 0 Å². The van der Waals surface area contributed by atoms with Crippen LogP contribution >= 0.6 is 12.4 Å². The molecule has 0 saturated carbocycles. The highest BCUT2D eigenvalue weighted by molar-refractivity contribution is 7.89. The van der Waals surface area contributed by atoms with E-state index in [2.05, 4.69) is 10.0 Å². The van der Waals surface area contributed by atoms with E-state index in [0.29, 0.717) is 6.54 Å². The van der Waals surface area contributed by atoms with Crippen LogP contribution < -0.4 is 10.0 Å². The van der Waals surface area contributed by atoms with Crippen molar-refractivity contribution in [2.45, 2.75) is 24.3 Å². The van der Waals surface area contributed by atoms with Crippen LogP contribution in [0.25, 0.3) is 0 Å². The van der Waals surface area contributed by atoms with E-state index in [1.165, 1.54) is 6.07 Å². The highest BCUT2D eigenvalue weighted by atomic mass is 35.5. The van der Waals surface area contributed by atoms with Gasteiger partial charge in [-0.3, -0.25) is 0 Å². The standard InChI is InChI=1S/C12H16F2N2O2S.ClH/c1-8-5-6-15-7-10(8)16-19(17,18)11-4-2-3-9(13)12(11)14;/h2-4,8,10,15-16H,5-7H2,1H3;1H. The fraction of sp³-hybridized carbons (Fsp3) is 0.500. The Balaban J connectivity index is 0.00000200. The number of piperidine rings is 1. The van der Waals surface area contributed by atoms with Crippen LogP contribution in [0.2, 0.25) is 0 Å². The van der Waals surface area contributed by atoms with E-state index in [0.717, 1.165) is 25.1 Å². The highest BCUT2D eigenvalue weighted by Gasteiger charge is 2.29. The van der Waals surface area contributed by atoms with Gasteiger partial charge >= 0.3 is 0 Å². The van der Waals surface area contributed by atoms with Gasteiger partial charge in [0.15, 0.2) is 11.6 Å². The lowest BCUT2D eigenvalue weighted by Crippen LogP contribution is -2.50. The minimum Gasteiger partial charge on any atom is -0.315 e. The van der Waals surface area contributed by atoms with Gasteiger partial charge in [-0.05, 0) is 31.0 Å². The average Bonchev–Trinajstić information content (AvgIpc) is 2.35. The maximum Gasteiger partial charge on any atom is 0.243 e. The van der Waals surface area contributed by atoms with E-state index < -0.39 is 26.6 Å². The lowest BCUT2D eigenvalue weighted by Gasteiger charge is -2.30. The van der Waals surface area contributed by atoms with Crippen LogP contribution in [0.1, 0.15) is 13.3 Å². The summed E-state index contributed by atoms with van der Waals surface area (Å²) in [4.78, 5) is -0.648. The van der Waals surface area contributed by atoms with Gasteiger partial charge < -0.3 is 5.32 Å². The molecule has 20 heavy (non-hydrogen) atoms. The van der Waals surface area contributed by atoms with Crippen LogP contribution in [0.4, 0.5) is 8.78 Å². The zero-order valence-electron chi connectivity index (χ0n) is 10.9. The lowest BCUT2D eigenvalue weighted by atomic mass is 9.96. The van der Waals surface area contributed by atoms with E-state index >= 15 is 0 Å². The average molecular weight is 327 g/mol. The molecular weight excluding hydrogens is 310 g/mol. The van der Waals surface area contributed by atoms with Gasteiger partial charge in [0.25, 0.3) is 0 Å². The first-order valence-electron chi connectivity index (χ1n) is 6.09. The number of nitrogens with one attached hydrogen (secondary N) is 2. The highest BCUT2D eigenvalue weighted by Crippen LogP contribution is 2.19. The molecule has 0 radical (unpaired) electrons. The topological polar surface area (TPSA) is 58.2 Å². The number of hydrogen-bond donors (Lipinski definition) is 2. The van der Waals surface area contributed by atoms with Gasteiger partial charge in [-0.2, -0.15) is 0 Å². The molecule has 2 N–H and O–H groups in total. The Hall–Kier alpha value is -0.760. The molecule has 2 rings (SSSR count). The predicted octanol–water partition coefficient (Wildman–Crippen LogP) is 1.66. The molecule has 8 heteroatoms. The van der Waals surface area contributed by atoms with E-state index in [1.54, 1.807) is 0 Å². The Labute approximate surface area is 123 Å². The molecule has 1 saturated heterocycles. The molecule has 4 nitrogen and oxygen atoms in total. The molecule has 2 atom stereocenters. The minimum absolute atomic E-state index is 0. The van der Waals surface area contributed by atoms with E-state index in [1.807, 2.05) is 6.92 Å². The van der Waals surface area contributed by atoms with Crippen LogP contribution in [0.15, 0.2) is 23.1 Å². The molecule has 114 valence electrons. The van der Waals surface area contributed by atoms with Crippen LogP contribution in [-0.4, -0.2) is 27.5 Å². The molecule has 1 aromatic carbocycles. The first-order valence-corrected chi connectivity index (χ1v) is 7.57. The van der Waals surface area contributed by atoms with E-state index in [9.17, 15) is 17.2 Å². The summed E-state index contributed by atoms with van der Waals surface area (Å²) in [5.41, 5.74) is 0. The maximum absolute atomic E-state index is 13.5. The summed E-state index contributed by atoms with van der Waals surface area (Å²) in [6.07, 6.45) is 0.832. The second-order valence-electron chi connectivity index (χ2n) is 4.75. The largest absolute Gasteiger partial charge is 0.315 e. The Morgan fingerprint density at radius 2 is 2.05 bits per heavy atom. The van der Waals surface area contributed by atoms with Gasteiger partial charge in [-0.15, -0.1) is 12.4 Å². The Bertz CT molecular complexity index is 569. The summed E-state index contributed by atoms with van der Waals surface area (Å²) in [6, 6.07) is 2.80. The van der Waals surface area contributed by atoms with Gasteiger partial charge in [0, 0.05) is 12.6 Å². The number of hydrogen-bond acceptors (Lipinski definition) is 3. The lowest BCUT2D eigenvalue weighted by molar-refractivity contribution is 0.326. The second-order valence-corrected chi connectivity index (χ2v) is 6.43. The van der Waals surface area contributed by atoms with Gasteiger partial charge in [-0.25, -0.2) is 21.9 Å². The fourth-order valence-corrected chi connectivity index (χ4v) is 3.53. The first-order chi connectivity index (χ1) is 8.92. The normalized spacial score (nSPS) is 23.1. The van der Waals surface area contributed by atoms with Crippen molar-refractivity contribution >= 4 is 22.4 Å². The zero-order valence-corrected chi connectivity index (χ0v) is 12.5. The fourth-order valence-electron chi connectivity index (χ4n) is 2.10. The summed E-state index contributed by atoms with van der Waals surface area (Å²) in [6.45, 7) is 3.24. The van der Waals surface area contributed by atoms with Crippen molar-refractivity contribution in [3.8, 4) is 0 Å². The van der Waals surface area contributed by atoms with Gasteiger partial charge in [0.1, 0.15) is 4.90 Å². The molecule has 1 fully saturated rings. The smallest absolute Gasteiger partial charge is 0.243 e. The van der Waals surface area contributed by atoms with Crippen molar-refractivity contribution in [1.29, 1.82) is 0 Å². The Kier molecular flexibility index (Phi) is 5.88. The summed E-state index contributed by atoms with van der Waals surface area (Å²) < 4.78 is 53.2. The number of benzene rings is 1. The number of halogens is 3. The molecule has 1 heterocycles. The molecule has 0 spiro atoms. The van der Waals surface area contributed by atoms with Crippen LogP contribution in [-0.2, 0) is 10.0 Å². The van der Waals surface area contributed by atoms with Crippen molar-refractivity contribution in [2.75, 3.05) is 13.1 Å². The monoisotopic (exact) mass is 326 g/mol. The minimum atomic E-state index is -4.05. The molecule has 1 aromatic rings. The summed E-state index contributed by atoms with van der Waals surface area (Å²) in [5, 5.41) is 3.07. The summed E-state index contributed by atoms with van der Waals surface area (Å²) >= 11 is 0.